The Morgan fingerprint density at radius 1 is 1.33 bits per heavy atom. The summed E-state index contributed by atoms with van der Waals surface area (Å²) >= 11 is 3.39. The second kappa shape index (κ2) is 6.94. The van der Waals surface area contributed by atoms with Crippen LogP contribution in [0.4, 0.5) is 13.2 Å². The third kappa shape index (κ3) is 4.08. The van der Waals surface area contributed by atoms with Gasteiger partial charge in [-0.05, 0) is 30.2 Å². The lowest BCUT2D eigenvalue weighted by Gasteiger charge is -2.35. The van der Waals surface area contributed by atoms with E-state index in [0.717, 1.165) is 32.2 Å². The van der Waals surface area contributed by atoms with Gasteiger partial charge < -0.3 is 5.32 Å². The Balaban J connectivity index is 2.36. The second-order valence-corrected chi connectivity index (χ2v) is 5.91. The van der Waals surface area contributed by atoms with Crippen LogP contribution in [-0.2, 0) is 6.18 Å². The zero-order chi connectivity index (χ0) is 15.5. The van der Waals surface area contributed by atoms with Crippen LogP contribution in [0.2, 0.25) is 0 Å². The Kier molecular flexibility index (Phi) is 5.46. The van der Waals surface area contributed by atoms with E-state index in [1.807, 2.05) is 0 Å². The zero-order valence-electron chi connectivity index (χ0n) is 11.6. The standard InChI is InChI=1S/C15H18BrF3N2/c1-2-3-14(21-8-6-20-7-9-21)12-10-11(15(17,18)19)4-5-13(12)16/h2,4-5,10,14,20H,1,3,6-9H2/t14-/m0/s1. The number of hydrogen-bond donors (Lipinski definition) is 1. The van der Waals surface area contributed by atoms with E-state index in [2.05, 4.69) is 32.7 Å². The average Bonchev–Trinajstić information content (AvgIpc) is 2.45. The van der Waals surface area contributed by atoms with Crippen molar-refractivity contribution in [3.8, 4) is 0 Å². The number of hydrogen-bond acceptors (Lipinski definition) is 2. The molecule has 2 rings (SSSR count). The predicted octanol–water partition coefficient (Wildman–Crippen LogP) is 3.99. The summed E-state index contributed by atoms with van der Waals surface area (Å²) in [6.45, 7) is 7.09. The summed E-state index contributed by atoms with van der Waals surface area (Å²) in [6.07, 6.45) is -1.93. The van der Waals surface area contributed by atoms with Gasteiger partial charge in [0.15, 0.2) is 0 Å². The summed E-state index contributed by atoms with van der Waals surface area (Å²) in [5, 5.41) is 3.25. The smallest absolute Gasteiger partial charge is 0.314 e. The van der Waals surface area contributed by atoms with Gasteiger partial charge in [-0.1, -0.05) is 22.0 Å². The molecule has 116 valence electrons. The summed E-state index contributed by atoms with van der Waals surface area (Å²) in [4.78, 5) is 2.21. The lowest BCUT2D eigenvalue weighted by Crippen LogP contribution is -2.45. The molecule has 2 nitrogen and oxygen atoms in total. The highest BCUT2D eigenvalue weighted by Crippen LogP contribution is 2.36. The van der Waals surface area contributed by atoms with Gasteiger partial charge in [0.25, 0.3) is 0 Å². The topological polar surface area (TPSA) is 15.3 Å². The first-order chi connectivity index (χ1) is 9.93. The molecule has 6 heteroatoms. The summed E-state index contributed by atoms with van der Waals surface area (Å²) in [7, 11) is 0. The molecule has 1 saturated heterocycles. The van der Waals surface area contributed by atoms with Crippen LogP contribution in [0.1, 0.15) is 23.6 Å². The number of halogens is 4. The van der Waals surface area contributed by atoms with E-state index in [1.54, 1.807) is 6.08 Å². The molecule has 1 N–H and O–H groups in total. The number of nitrogens with zero attached hydrogens (tertiary/aromatic N) is 1. The van der Waals surface area contributed by atoms with Crippen molar-refractivity contribution in [2.24, 2.45) is 0 Å². The molecular formula is C15H18BrF3N2. The summed E-state index contributed by atoms with van der Waals surface area (Å²) in [5.41, 5.74) is 0.0662. The molecule has 0 unspecified atom stereocenters. The van der Waals surface area contributed by atoms with E-state index in [-0.39, 0.29) is 6.04 Å². The SMILES string of the molecule is C=CC[C@@H](c1cc(C(F)(F)F)ccc1Br)N1CCNCC1. The van der Waals surface area contributed by atoms with E-state index >= 15 is 0 Å². The monoisotopic (exact) mass is 362 g/mol. The molecule has 1 aliphatic rings. The minimum absolute atomic E-state index is 0.0822. The molecule has 1 fully saturated rings. The van der Waals surface area contributed by atoms with E-state index in [1.165, 1.54) is 12.1 Å². The van der Waals surface area contributed by atoms with E-state index in [0.29, 0.717) is 16.5 Å². The van der Waals surface area contributed by atoms with Crippen LogP contribution in [0.25, 0.3) is 0 Å². The van der Waals surface area contributed by atoms with Crippen molar-refractivity contribution < 1.29 is 13.2 Å². The summed E-state index contributed by atoms with van der Waals surface area (Å²) in [5.74, 6) is 0. The Morgan fingerprint density at radius 3 is 2.57 bits per heavy atom. The number of nitrogens with one attached hydrogen (secondary N) is 1. The van der Waals surface area contributed by atoms with Gasteiger partial charge in [0, 0.05) is 36.7 Å². The largest absolute Gasteiger partial charge is 0.416 e. The van der Waals surface area contributed by atoms with Gasteiger partial charge >= 0.3 is 6.18 Å². The predicted molar refractivity (Wildman–Crippen MR) is 81.1 cm³/mol. The lowest BCUT2D eigenvalue weighted by atomic mass is 9.99. The van der Waals surface area contributed by atoms with Gasteiger partial charge in [-0.3, -0.25) is 4.90 Å². The fraction of sp³-hybridized carbons (Fsp3) is 0.467. The first kappa shape index (κ1) is 16.5. The van der Waals surface area contributed by atoms with Crippen molar-refractivity contribution in [3.63, 3.8) is 0 Å². The molecule has 0 aliphatic carbocycles. The maximum absolute atomic E-state index is 12.9. The molecule has 1 heterocycles. The van der Waals surface area contributed by atoms with Crippen molar-refractivity contribution in [2.75, 3.05) is 26.2 Å². The maximum Gasteiger partial charge on any atom is 0.416 e. The molecule has 1 aliphatic heterocycles. The van der Waals surface area contributed by atoms with Crippen LogP contribution in [0.15, 0.2) is 35.3 Å². The van der Waals surface area contributed by atoms with Gasteiger partial charge in [0.05, 0.1) is 5.56 Å². The van der Waals surface area contributed by atoms with Gasteiger partial charge in [-0.2, -0.15) is 13.2 Å². The average molecular weight is 363 g/mol. The van der Waals surface area contributed by atoms with Crippen molar-refractivity contribution in [1.82, 2.24) is 10.2 Å². The van der Waals surface area contributed by atoms with Gasteiger partial charge in [0.1, 0.15) is 0 Å². The van der Waals surface area contributed by atoms with Crippen molar-refractivity contribution >= 4 is 15.9 Å². The maximum atomic E-state index is 12.9. The molecule has 0 spiro atoms. The minimum Gasteiger partial charge on any atom is -0.314 e. The molecule has 0 radical (unpaired) electrons. The molecule has 0 amide bonds. The van der Waals surface area contributed by atoms with Crippen LogP contribution in [0.3, 0.4) is 0 Å². The molecule has 0 bridgehead atoms. The molecule has 1 aromatic rings. The van der Waals surface area contributed by atoms with Crippen LogP contribution >= 0.6 is 15.9 Å². The molecule has 1 aromatic carbocycles. The highest BCUT2D eigenvalue weighted by molar-refractivity contribution is 9.10. The van der Waals surface area contributed by atoms with Gasteiger partial charge in [-0.15, -0.1) is 6.58 Å². The van der Waals surface area contributed by atoms with Crippen molar-refractivity contribution in [3.05, 3.63) is 46.5 Å². The molecule has 0 aromatic heterocycles. The van der Waals surface area contributed by atoms with Gasteiger partial charge in [-0.25, -0.2) is 0 Å². The Morgan fingerprint density at radius 2 is 2.00 bits per heavy atom. The Labute approximate surface area is 131 Å². The first-order valence-electron chi connectivity index (χ1n) is 6.86. The lowest BCUT2D eigenvalue weighted by molar-refractivity contribution is -0.137. The normalized spacial score (nSPS) is 18.5. The summed E-state index contributed by atoms with van der Waals surface area (Å²) < 4.78 is 39.5. The second-order valence-electron chi connectivity index (χ2n) is 5.06. The quantitative estimate of drug-likeness (QED) is 0.814. The highest BCUT2D eigenvalue weighted by Gasteiger charge is 2.32. The number of piperazine rings is 1. The number of benzene rings is 1. The highest BCUT2D eigenvalue weighted by atomic mass is 79.9. The number of alkyl halides is 3. The van der Waals surface area contributed by atoms with Crippen molar-refractivity contribution in [2.45, 2.75) is 18.6 Å². The molecule has 21 heavy (non-hydrogen) atoms. The van der Waals surface area contributed by atoms with Crippen molar-refractivity contribution in [1.29, 1.82) is 0 Å². The first-order valence-corrected chi connectivity index (χ1v) is 7.65. The fourth-order valence-electron chi connectivity index (χ4n) is 2.60. The summed E-state index contributed by atoms with van der Waals surface area (Å²) in [6, 6.07) is 3.76. The Bertz CT molecular complexity index is 496. The van der Waals surface area contributed by atoms with E-state index in [4.69, 9.17) is 0 Å². The minimum atomic E-state index is -4.32. The van der Waals surface area contributed by atoms with E-state index in [9.17, 15) is 13.2 Å². The Hall–Kier alpha value is -0.850. The number of rotatable bonds is 4. The third-order valence-corrected chi connectivity index (χ3v) is 4.39. The van der Waals surface area contributed by atoms with Crippen LogP contribution < -0.4 is 5.32 Å². The van der Waals surface area contributed by atoms with E-state index < -0.39 is 11.7 Å². The zero-order valence-corrected chi connectivity index (χ0v) is 13.2. The van der Waals surface area contributed by atoms with Crippen LogP contribution in [-0.4, -0.2) is 31.1 Å². The molecule has 0 saturated carbocycles. The third-order valence-electron chi connectivity index (χ3n) is 3.66. The molecular weight excluding hydrogens is 345 g/mol. The van der Waals surface area contributed by atoms with Crippen LogP contribution in [0.5, 0.6) is 0 Å². The van der Waals surface area contributed by atoms with Gasteiger partial charge in [0.2, 0.25) is 0 Å². The molecule has 1 atom stereocenters. The van der Waals surface area contributed by atoms with Crippen LogP contribution in [0, 0.1) is 0 Å². The fourth-order valence-corrected chi connectivity index (χ4v) is 3.11.